The Labute approximate surface area is 209 Å². The quantitative estimate of drug-likeness (QED) is 0.245. The maximum absolute atomic E-state index is 13.5. The minimum Gasteiger partial charge on any atom is -0.457 e. The zero-order valence-corrected chi connectivity index (χ0v) is 20.2. The lowest BCUT2D eigenvalue weighted by Gasteiger charge is -2.22. The van der Waals surface area contributed by atoms with E-state index in [1.807, 2.05) is 72.8 Å². The number of carbonyl (C=O) groups excluding carboxylic acids is 1. The molecule has 162 valence electrons. The van der Waals surface area contributed by atoms with Gasteiger partial charge in [-0.05, 0) is 54.1 Å². The van der Waals surface area contributed by atoms with Crippen LogP contribution in [0.15, 0.2) is 105 Å². The molecule has 0 N–H and O–H groups in total. The summed E-state index contributed by atoms with van der Waals surface area (Å²) in [5, 5.41) is 0.711. The minimum atomic E-state index is -0.209. The van der Waals surface area contributed by atoms with E-state index in [0.717, 1.165) is 27.1 Å². The van der Waals surface area contributed by atoms with E-state index in [1.54, 1.807) is 29.2 Å². The molecule has 0 unspecified atom stereocenters. The van der Waals surface area contributed by atoms with Crippen molar-refractivity contribution in [2.24, 2.45) is 0 Å². The molecule has 3 aromatic carbocycles. The van der Waals surface area contributed by atoms with Crippen LogP contribution in [-0.4, -0.2) is 5.91 Å². The highest BCUT2D eigenvalue weighted by Gasteiger charge is 2.32. The average Bonchev–Trinajstić information content (AvgIpc) is 3.42. The number of hydrogen-bond acceptors (Lipinski definition) is 2. The van der Waals surface area contributed by atoms with E-state index in [0.29, 0.717) is 27.1 Å². The number of benzene rings is 3. The Kier molecular flexibility index (Phi) is 5.98. The number of amides is 1. The number of nitrogens with zero attached hydrogens (tertiary/aromatic N) is 1. The number of furan rings is 1. The number of anilines is 1. The molecule has 3 nitrogen and oxygen atoms in total. The highest BCUT2D eigenvalue weighted by atomic mass is 79.9. The van der Waals surface area contributed by atoms with Gasteiger partial charge in [-0.3, -0.25) is 9.69 Å². The van der Waals surface area contributed by atoms with Gasteiger partial charge in [-0.15, -0.1) is 0 Å². The van der Waals surface area contributed by atoms with Gasteiger partial charge in [-0.25, -0.2) is 0 Å². The van der Waals surface area contributed by atoms with E-state index < -0.39 is 0 Å². The molecule has 0 saturated heterocycles. The summed E-state index contributed by atoms with van der Waals surface area (Å²) in [6.45, 7) is 0. The summed E-state index contributed by atoms with van der Waals surface area (Å²) in [5.41, 5.74) is 3.58. The van der Waals surface area contributed by atoms with Crippen molar-refractivity contribution in [1.82, 2.24) is 0 Å². The molecule has 1 amide bonds. The first-order valence-corrected chi connectivity index (χ1v) is 11.7. The van der Waals surface area contributed by atoms with Crippen LogP contribution in [0.3, 0.4) is 0 Å². The maximum atomic E-state index is 13.5. The standard InChI is InChI=1S/C27H16BrCl2NO2/c28-20-11-9-18(10-12-20)25-14-13-21(33-25)15-19-16-24(17-5-2-1-3-6-17)31(27(19)32)23-8-4-7-22(29)26(23)30/h1-16H. The monoisotopic (exact) mass is 535 g/mol. The first-order valence-electron chi connectivity index (χ1n) is 10.1. The van der Waals surface area contributed by atoms with E-state index in [4.69, 9.17) is 27.6 Å². The molecule has 1 aliphatic rings. The molecule has 2 heterocycles. The van der Waals surface area contributed by atoms with Gasteiger partial charge in [0.1, 0.15) is 11.5 Å². The van der Waals surface area contributed by atoms with Crippen molar-refractivity contribution in [1.29, 1.82) is 0 Å². The summed E-state index contributed by atoms with van der Waals surface area (Å²) >= 11 is 16.2. The summed E-state index contributed by atoms with van der Waals surface area (Å²) < 4.78 is 7.00. The van der Waals surface area contributed by atoms with Gasteiger partial charge in [0.05, 0.1) is 21.4 Å². The van der Waals surface area contributed by atoms with E-state index in [1.165, 1.54) is 0 Å². The summed E-state index contributed by atoms with van der Waals surface area (Å²) in [4.78, 5) is 15.1. The average molecular weight is 537 g/mol. The number of rotatable bonds is 4. The fraction of sp³-hybridized carbons (Fsp3) is 0. The summed E-state index contributed by atoms with van der Waals surface area (Å²) in [7, 11) is 0. The van der Waals surface area contributed by atoms with E-state index in [9.17, 15) is 4.79 Å². The van der Waals surface area contributed by atoms with Crippen molar-refractivity contribution in [3.63, 3.8) is 0 Å². The van der Waals surface area contributed by atoms with Crippen molar-refractivity contribution in [2.75, 3.05) is 4.90 Å². The topological polar surface area (TPSA) is 33.5 Å². The first-order chi connectivity index (χ1) is 16.0. The summed E-state index contributed by atoms with van der Waals surface area (Å²) in [6.07, 6.45) is 3.59. The number of carbonyl (C=O) groups is 1. The van der Waals surface area contributed by atoms with Gasteiger partial charge in [0.25, 0.3) is 5.91 Å². The number of halogens is 3. The van der Waals surface area contributed by atoms with Crippen LogP contribution in [0.25, 0.3) is 23.1 Å². The Hall–Kier alpha value is -3.05. The third-order valence-electron chi connectivity index (χ3n) is 5.28. The SMILES string of the molecule is O=C1C(=Cc2ccc(-c3ccc(Br)cc3)o2)C=C(c2ccccc2)N1c1cccc(Cl)c1Cl. The Balaban J connectivity index is 1.56. The van der Waals surface area contributed by atoms with Gasteiger partial charge in [0.2, 0.25) is 0 Å². The van der Waals surface area contributed by atoms with E-state index in [2.05, 4.69) is 15.9 Å². The Morgan fingerprint density at radius 1 is 0.818 bits per heavy atom. The molecule has 4 aromatic rings. The predicted octanol–water partition coefficient (Wildman–Crippen LogP) is 8.49. The molecule has 0 aliphatic carbocycles. The predicted molar refractivity (Wildman–Crippen MR) is 138 cm³/mol. The van der Waals surface area contributed by atoms with Crippen LogP contribution in [0.2, 0.25) is 10.0 Å². The minimum absolute atomic E-state index is 0.209. The second-order valence-electron chi connectivity index (χ2n) is 7.42. The molecule has 5 rings (SSSR count). The lowest BCUT2D eigenvalue weighted by atomic mass is 10.1. The van der Waals surface area contributed by atoms with Gasteiger partial charge < -0.3 is 4.42 Å². The lowest BCUT2D eigenvalue weighted by Crippen LogP contribution is -2.25. The van der Waals surface area contributed by atoms with Crippen LogP contribution in [0.1, 0.15) is 11.3 Å². The van der Waals surface area contributed by atoms with Crippen molar-refractivity contribution >= 4 is 62.5 Å². The van der Waals surface area contributed by atoms with Gasteiger partial charge in [0.15, 0.2) is 0 Å². The molecule has 0 spiro atoms. The van der Waals surface area contributed by atoms with Crippen molar-refractivity contribution < 1.29 is 9.21 Å². The van der Waals surface area contributed by atoms with Crippen molar-refractivity contribution in [3.05, 3.63) is 122 Å². The highest BCUT2D eigenvalue weighted by Crippen LogP contribution is 2.41. The van der Waals surface area contributed by atoms with Crippen LogP contribution in [0, 0.1) is 0 Å². The molecule has 0 bridgehead atoms. The van der Waals surface area contributed by atoms with Gasteiger partial charge >= 0.3 is 0 Å². The zero-order valence-electron chi connectivity index (χ0n) is 17.1. The molecular weight excluding hydrogens is 521 g/mol. The molecule has 0 fully saturated rings. The second-order valence-corrected chi connectivity index (χ2v) is 9.12. The van der Waals surface area contributed by atoms with Crippen LogP contribution >= 0.6 is 39.1 Å². The Morgan fingerprint density at radius 2 is 1.58 bits per heavy atom. The molecule has 0 atom stereocenters. The van der Waals surface area contributed by atoms with Crippen molar-refractivity contribution in [3.8, 4) is 11.3 Å². The van der Waals surface area contributed by atoms with Crippen LogP contribution in [0.5, 0.6) is 0 Å². The molecule has 0 saturated carbocycles. The van der Waals surface area contributed by atoms with Crippen LogP contribution < -0.4 is 4.90 Å². The Bertz CT molecular complexity index is 1410. The smallest absolute Gasteiger partial charge is 0.263 e. The molecule has 0 radical (unpaired) electrons. The van der Waals surface area contributed by atoms with Gasteiger partial charge in [-0.1, -0.05) is 87.7 Å². The van der Waals surface area contributed by atoms with Gasteiger partial charge in [-0.2, -0.15) is 0 Å². The van der Waals surface area contributed by atoms with Crippen molar-refractivity contribution in [2.45, 2.75) is 0 Å². The lowest BCUT2D eigenvalue weighted by molar-refractivity contribution is -0.113. The number of hydrogen-bond donors (Lipinski definition) is 0. The van der Waals surface area contributed by atoms with Gasteiger partial charge in [0, 0.05) is 15.6 Å². The zero-order chi connectivity index (χ0) is 22.9. The van der Waals surface area contributed by atoms with Crippen LogP contribution in [-0.2, 0) is 4.79 Å². The normalized spacial score (nSPS) is 14.8. The third kappa shape index (κ3) is 4.30. The first kappa shape index (κ1) is 21.8. The molecule has 1 aliphatic heterocycles. The second kappa shape index (κ2) is 9.06. The Morgan fingerprint density at radius 3 is 2.33 bits per heavy atom. The summed E-state index contributed by atoms with van der Waals surface area (Å²) in [5.74, 6) is 1.10. The van der Waals surface area contributed by atoms with Crippen LogP contribution in [0.4, 0.5) is 5.69 Å². The largest absolute Gasteiger partial charge is 0.457 e. The summed E-state index contributed by atoms with van der Waals surface area (Å²) in [6, 6.07) is 26.5. The van der Waals surface area contributed by atoms with E-state index in [-0.39, 0.29) is 5.91 Å². The fourth-order valence-electron chi connectivity index (χ4n) is 3.69. The third-order valence-corrected chi connectivity index (χ3v) is 6.62. The molecule has 6 heteroatoms. The molecular formula is C27H16BrCl2NO2. The molecule has 1 aromatic heterocycles. The maximum Gasteiger partial charge on any atom is 0.263 e. The fourth-order valence-corrected chi connectivity index (χ4v) is 4.34. The molecule has 33 heavy (non-hydrogen) atoms. The van der Waals surface area contributed by atoms with E-state index >= 15 is 0 Å². The highest BCUT2D eigenvalue weighted by molar-refractivity contribution is 9.10.